The summed E-state index contributed by atoms with van der Waals surface area (Å²) in [6.45, 7) is 10.2. The van der Waals surface area contributed by atoms with Crippen molar-refractivity contribution < 1.29 is 14.3 Å². The molecule has 1 unspecified atom stereocenters. The first-order valence-electron chi connectivity index (χ1n) is 8.00. The number of hydrogen-bond acceptors (Lipinski definition) is 4. The van der Waals surface area contributed by atoms with Crippen LogP contribution in [-0.4, -0.2) is 37.4 Å². The summed E-state index contributed by atoms with van der Waals surface area (Å²) < 4.78 is 10.8. The van der Waals surface area contributed by atoms with Crippen LogP contribution in [-0.2, 0) is 14.3 Å². The average Bonchev–Trinajstić information content (AvgIpc) is 3.17. The van der Waals surface area contributed by atoms with Crippen LogP contribution < -0.4 is 5.32 Å². The van der Waals surface area contributed by atoms with E-state index in [2.05, 4.69) is 19.2 Å². The van der Waals surface area contributed by atoms with Gasteiger partial charge in [0.25, 0.3) is 0 Å². The molecule has 0 bridgehead atoms. The fourth-order valence-corrected chi connectivity index (χ4v) is 2.15. The van der Waals surface area contributed by atoms with Crippen molar-refractivity contribution in [3.8, 4) is 0 Å². The lowest BCUT2D eigenvalue weighted by Crippen LogP contribution is -2.51. The maximum atomic E-state index is 12.1. The van der Waals surface area contributed by atoms with Gasteiger partial charge in [0.15, 0.2) is 0 Å². The molecule has 0 aromatic heterocycles. The summed E-state index contributed by atoms with van der Waals surface area (Å²) in [6, 6.07) is 0.492. The summed E-state index contributed by atoms with van der Waals surface area (Å²) in [6.07, 6.45) is 5.08. The van der Waals surface area contributed by atoms with Crippen LogP contribution in [0.1, 0.15) is 59.8 Å². The lowest BCUT2D eigenvalue weighted by atomic mass is 9.95. The Morgan fingerprint density at radius 1 is 1.35 bits per heavy atom. The van der Waals surface area contributed by atoms with Gasteiger partial charge >= 0.3 is 5.97 Å². The molecule has 0 radical (unpaired) electrons. The molecule has 4 heteroatoms. The molecule has 0 spiro atoms. The molecular weight excluding hydrogens is 254 g/mol. The van der Waals surface area contributed by atoms with Gasteiger partial charge in [-0.15, -0.1) is 0 Å². The van der Waals surface area contributed by atoms with E-state index in [4.69, 9.17) is 9.47 Å². The van der Waals surface area contributed by atoms with Crippen LogP contribution in [0.2, 0.25) is 0 Å². The van der Waals surface area contributed by atoms with Gasteiger partial charge in [0.05, 0.1) is 6.61 Å². The number of nitrogens with one attached hydrogen (secondary N) is 1. The lowest BCUT2D eigenvalue weighted by molar-refractivity contribution is -0.151. The van der Waals surface area contributed by atoms with Gasteiger partial charge in [-0.2, -0.15) is 0 Å². The minimum atomic E-state index is -0.557. The third-order valence-corrected chi connectivity index (χ3v) is 3.63. The second-order valence-electron chi connectivity index (χ2n) is 6.37. The van der Waals surface area contributed by atoms with E-state index in [1.807, 2.05) is 13.8 Å². The van der Waals surface area contributed by atoms with Crippen molar-refractivity contribution in [3.63, 3.8) is 0 Å². The normalized spacial score (nSPS) is 18.1. The fourth-order valence-electron chi connectivity index (χ4n) is 2.15. The minimum absolute atomic E-state index is 0.130. The van der Waals surface area contributed by atoms with Crippen molar-refractivity contribution in [2.24, 2.45) is 5.92 Å². The highest BCUT2D eigenvalue weighted by molar-refractivity contribution is 5.80. The average molecular weight is 285 g/mol. The monoisotopic (exact) mass is 285 g/mol. The Morgan fingerprint density at radius 3 is 2.60 bits per heavy atom. The SMILES string of the molecule is CCOC(=O)C(C)(CCCOCCC(C)C)NC1CC1. The zero-order valence-corrected chi connectivity index (χ0v) is 13.5. The van der Waals surface area contributed by atoms with Crippen LogP contribution >= 0.6 is 0 Å². The van der Waals surface area contributed by atoms with Gasteiger partial charge in [-0.25, -0.2) is 0 Å². The predicted molar refractivity (Wildman–Crippen MR) is 80.7 cm³/mol. The van der Waals surface area contributed by atoms with Crippen molar-refractivity contribution >= 4 is 5.97 Å². The quantitative estimate of drug-likeness (QED) is 0.468. The molecule has 0 aliphatic heterocycles. The number of rotatable bonds is 11. The van der Waals surface area contributed by atoms with Crippen LogP contribution in [0.5, 0.6) is 0 Å². The van der Waals surface area contributed by atoms with Crippen LogP contribution in [0.25, 0.3) is 0 Å². The van der Waals surface area contributed by atoms with Gasteiger partial charge in [-0.05, 0) is 51.9 Å². The van der Waals surface area contributed by atoms with Crippen molar-refractivity contribution in [3.05, 3.63) is 0 Å². The Morgan fingerprint density at radius 2 is 2.05 bits per heavy atom. The summed E-state index contributed by atoms with van der Waals surface area (Å²) >= 11 is 0. The molecule has 4 nitrogen and oxygen atoms in total. The third kappa shape index (κ3) is 6.71. The first-order chi connectivity index (χ1) is 9.48. The maximum Gasteiger partial charge on any atom is 0.326 e. The molecule has 1 N–H and O–H groups in total. The number of ether oxygens (including phenoxy) is 2. The second kappa shape index (κ2) is 8.63. The Balaban J connectivity index is 2.27. The summed E-state index contributed by atoms with van der Waals surface area (Å²) in [4.78, 5) is 12.1. The van der Waals surface area contributed by atoms with Crippen LogP contribution in [0.3, 0.4) is 0 Å². The molecule has 0 aromatic carbocycles. The molecule has 1 fully saturated rings. The Labute approximate surface area is 123 Å². The van der Waals surface area contributed by atoms with Crippen LogP contribution in [0.15, 0.2) is 0 Å². The van der Waals surface area contributed by atoms with E-state index >= 15 is 0 Å². The summed E-state index contributed by atoms with van der Waals surface area (Å²) in [5.74, 6) is 0.547. The van der Waals surface area contributed by atoms with E-state index in [1.54, 1.807) is 0 Å². The first kappa shape index (κ1) is 17.4. The van der Waals surface area contributed by atoms with Crippen molar-refractivity contribution in [1.29, 1.82) is 0 Å². The number of carbonyl (C=O) groups is 1. The topological polar surface area (TPSA) is 47.6 Å². The van der Waals surface area contributed by atoms with E-state index in [0.29, 0.717) is 25.2 Å². The number of esters is 1. The number of hydrogen-bond donors (Lipinski definition) is 1. The molecular formula is C16H31NO3. The predicted octanol–water partition coefficient (Wildman–Crippen LogP) is 2.90. The summed E-state index contributed by atoms with van der Waals surface area (Å²) in [5, 5.41) is 3.43. The van der Waals surface area contributed by atoms with Crippen molar-refractivity contribution in [1.82, 2.24) is 5.32 Å². The fraction of sp³-hybridized carbons (Fsp3) is 0.938. The smallest absolute Gasteiger partial charge is 0.326 e. The molecule has 1 rings (SSSR count). The molecule has 1 aliphatic rings. The largest absolute Gasteiger partial charge is 0.465 e. The zero-order chi connectivity index (χ0) is 15.0. The molecule has 0 amide bonds. The first-order valence-corrected chi connectivity index (χ1v) is 8.00. The van der Waals surface area contributed by atoms with Gasteiger partial charge in [0.2, 0.25) is 0 Å². The third-order valence-electron chi connectivity index (χ3n) is 3.63. The van der Waals surface area contributed by atoms with Crippen molar-refractivity contribution in [2.75, 3.05) is 19.8 Å². The van der Waals surface area contributed by atoms with Gasteiger partial charge in [0, 0.05) is 19.3 Å². The minimum Gasteiger partial charge on any atom is -0.465 e. The van der Waals surface area contributed by atoms with E-state index in [9.17, 15) is 4.79 Å². The van der Waals surface area contributed by atoms with E-state index in [-0.39, 0.29) is 5.97 Å². The van der Waals surface area contributed by atoms with Crippen molar-refractivity contribution in [2.45, 2.75) is 71.4 Å². The molecule has 0 heterocycles. The highest BCUT2D eigenvalue weighted by atomic mass is 16.5. The molecule has 118 valence electrons. The summed E-state index contributed by atoms with van der Waals surface area (Å²) in [5.41, 5.74) is -0.557. The molecule has 0 saturated heterocycles. The maximum absolute atomic E-state index is 12.1. The van der Waals surface area contributed by atoms with E-state index in [0.717, 1.165) is 25.9 Å². The van der Waals surface area contributed by atoms with Gasteiger partial charge in [-0.3, -0.25) is 10.1 Å². The van der Waals surface area contributed by atoms with Crippen LogP contribution in [0, 0.1) is 5.92 Å². The molecule has 0 aromatic rings. The Hall–Kier alpha value is -0.610. The molecule has 20 heavy (non-hydrogen) atoms. The highest BCUT2D eigenvalue weighted by Gasteiger charge is 2.39. The highest BCUT2D eigenvalue weighted by Crippen LogP contribution is 2.25. The Bertz CT molecular complexity index is 289. The van der Waals surface area contributed by atoms with E-state index in [1.165, 1.54) is 12.8 Å². The zero-order valence-electron chi connectivity index (χ0n) is 13.5. The molecule has 1 saturated carbocycles. The number of carbonyl (C=O) groups excluding carboxylic acids is 1. The van der Waals surface area contributed by atoms with E-state index < -0.39 is 5.54 Å². The second-order valence-corrected chi connectivity index (χ2v) is 6.37. The van der Waals surface area contributed by atoms with Gasteiger partial charge in [0.1, 0.15) is 5.54 Å². The lowest BCUT2D eigenvalue weighted by Gasteiger charge is -2.28. The molecule has 1 atom stereocenters. The standard InChI is InChI=1S/C16H31NO3/c1-5-20-15(18)16(4,17-14-7-8-14)10-6-11-19-12-9-13(2)3/h13-14,17H,5-12H2,1-4H3. The van der Waals surface area contributed by atoms with Gasteiger partial charge in [-0.1, -0.05) is 13.8 Å². The molecule has 1 aliphatic carbocycles. The van der Waals surface area contributed by atoms with Crippen LogP contribution in [0.4, 0.5) is 0 Å². The van der Waals surface area contributed by atoms with Gasteiger partial charge < -0.3 is 9.47 Å². The summed E-state index contributed by atoms with van der Waals surface area (Å²) in [7, 11) is 0. The Kier molecular flexibility index (Phi) is 7.52.